The van der Waals surface area contributed by atoms with Crippen molar-refractivity contribution in [2.24, 2.45) is 0 Å². The second-order valence-electron chi connectivity index (χ2n) is 7.14. The molecule has 1 aromatic rings. The van der Waals surface area contributed by atoms with E-state index < -0.39 is 12.5 Å². The first-order chi connectivity index (χ1) is 13.2. The summed E-state index contributed by atoms with van der Waals surface area (Å²) in [4.78, 5) is 13.4. The van der Waals surface area contributed by atoms with Crippen molar-refractivity contribution in [2.45, 2.75) is 84.4 Å². The lowest BCUT2D eigenvalue weighted by Crippen LogP contribution is -2.33. The van der Waals surface area contributed by atoms with Crippen LogP contribution >= 0.6 is 0 Å². The minimum absolute atomic E-state index is 0.109. The number of unbranched alkanes of at least 4 members (excludes halogenated alkanes) is 4. The summed E-state index contributed by atoms with van der Waals surface area (Å²) in [5, 5.41) is 0. The quantitative estimate of drug-likeness (QED) is 0.197. The molecule has 0 saturated carbocycles. The van der Waals surface area contributed by atoms with Gasteiger partial charge in [0.2, 0.25) is 6.41 Å². The number of halogens is 2. The van der Waals surface area contributed by atoms with Crippen LogP contribution in [0.2, 0.25) is 0 Å². The zero-order chi connectivity index (χ0) is 19.9. The minimum atomic E-state index is -0.773. The van der Waals surface area contributed by atoms with Crippen LogP contribution in [-0.4, -0.2) is 23.9 Å². The highest BCUT2D eigenvalue weighted by Gasteiger charge is 2.12. The van der Waals surface area contributed by atoms with Crippen molar-refractivity contribution in [3.05, 3.63) is 47.3 Å². The van der Waals surface area contributed by atoms with Crippen LogP contribution in [0, 0.1) is 5.82 Å². The maximum absolute atomic E-state index is 13.6. The van der Waals surface area contributed by atoms with Crippen molar-refractivity contribution < 1.29 is 13.6 Å². The number of carbonyl (C=O) groups is 1. The molecular formula is C23H35F2NO. The summed E-state index contributed by atoms with van der Waals surface area (Å²) >= 11 is 0. The van der Waals surface area contributed by atoms with Gasteiger partial charge in [-0.2, -0.15) is 0 Å². The summed E-state index contributed by atoms with van der Waals surface area (Å²) in [6.07, 6.45) is 14.5. The van der Waals surface area contributed by atoms with Gasteiger partial charge in [0.25, 0.3) is 0 Å². The van der Waals surface area contributed by atoms with Crippen molar-refractivity contribution >= 4 is 6.41 Å². The lowest BCUT2D eigenvalue weighted by atomic mass is 10.0. The number of hydrogen-bond donors (Lipinski definition) is 0. The third-order valence-corrected chi connectivity index (χ3v) is 4.89. The number of amides is 1. The van der Waals surface area contributed by atoms with Crippen LogP contribution in [0.15, 0.2) is 30.4 Å². The average Bonchev–Trinajstić information content (AvgIpc) is 2.67. The van der Waals surface area contributed by atoms with E-state index in [2.05, 4.69) is 26.0 Å². The fraction of sp³-hybridized carbons (Fsp3) is 0.609. The number of hydrogen-bond acceptors (Lipinski definition) is 1. The summed E-state index contributed by atoms with van der Waals surface area (Å²) < 4.78 is 26.2. The van der Waals surface area contributed by atoms with Gasteiger partial charge in [-0.1, -0.05) is 70.2 Å². The molecular weight excluding hydrogens is 344 g/mol. The van der Waals surface area contributed by atoms with Gasteiger partial charge in [-0.15, -0.1) is 0 Å². The molecule has 152 valence electrons. The summed E-state index contributed by atoms with van der Waals surface area (Å²) in [6, 6.07) is 4.84. The van der Waals surface area contributed by atoms with Gasteiger partial charge < -0.3 is 4.90 Å². The van der Waals surface area contributed by atoms with E-state index in [1.807, 2.05) is 4.90 Å². The molecule has 1 rings (SSSR count). The SMILES string of the molecule is CCCCCCCN(C=O)C(/C=C/CCc1ccc(CF)c(F)c1)CCC. The number of aryl methyl sites for hydroxylation is 1. The number of carbonyl (C=O) groups excluding carboxylic acids is 1. The Labute approximate surface area is 163 Å². The van der Waals surface area contributed by atoms with Crippen LogP contribution in [0.1, 0.15) is 76.3 Å². The molecule has 1 unspecified atom stereocenters. The van der Waals surface area contributed by atoms with Crippen molar-refractivity contribution in [1.29, 1.82) is 0 Å². The topological polar surface area (TPSA) is 20.3 Å². The first-order valence-corrected chi connectivity index (χ1v) is 10.4. The fourth-order valence-corrected chi connectivity index (χ4v) is 3.22. The Morgan fingerprint density at radius 3 is 2.52 bits per heavy atom. The van der Waals surface area contributed by atoms with Crippen LogP contribution < -0.4 is 0 Å². The van der Waals surface area contributed by atoms with E-state index in [9.17, 15) is 13.6 Å². The lowest BCUT2D eigenvalue weighted by Gasteiger charge is -2.26. The normalized spacial score (nSPS) is 12.4. The maximum Gasteiger partial charge on any atom is 0.210 e. The van der Waals surface area contributed by atoms with E-state index >= 15 is 0 Å². The van der Waals surface area contributed by atoms with Crippen molar-refractivity contribution in [2.75, 3.05) is 6.54 Å². The van der Waals surface area contributed by atoms with Crippen LogP contribution in [-0.2, 0) is 17.9 Å². The summed E-state index contributed by atoms with van der Waals surface area (Å²) in [7, 11) is 0. The van der Waals surface area contributed by atoms with E-state index in [-0.39, 0.29) is 11.6 Å². The van der Waals surface area contributed by atoms with Gasteiger partial charge in [0.15, 0.2) is 0 Å². The maximum atomic E-state index is 13.6. The molecule has 0 bridgehead atoms. The Balaban J connectivity index is 2.50. The van der Waals surface area contributed by atoms with Gasteiger partial charge in [-0.3, -0.25) is 4.79 Å². The first-order valence-electron chi connectivity index (χ1n) is 10.4. The Kier molecular flexibility index (Phi) is 12.4. The molecule has 0 saturated heterocycles. The summed E-state index contributed by atoms with van der Waals surface area (Å²) in [6.45, 7) is 4.35. The highest BCUT2D eigenvalue weighted by Crippen LogP contribution is 2.14. The molecule has 1 atom stereocenters. The zero-order valence-corrected chi connectivity index (χ0v) is 16.9. The average molecular weight is 380 g/mol. The predicted molar refractivity (Wildman–Crippen MR) is 109 cm³/mol. The van der Waals surface area contributed by atoms with Crippen LogP contribution in [0.4, 0.5) is 8.78 Å². The molecule has 2 nitrogen and oxygen atoms in total. The fourth-order valence-electron chi connectivity index (χ4n) is 3.22. The lowest BCUT2D eigenvalue weighted by molar-refractivity contribution is -0.119. The molecule has 27 heavy (non-hydrogen) atoms. The first kappa shape index (κ1) is 23.3. The Morgan fingerprint density at radius 1 is 1.11 bits per heavy atom. The molecule has 0 aromatic heterocycles. The van der Waals surface area contributed by atoms with Gasteiger partial charge in [0, 0.05) is 18.2 Å². The van der Waals surface area contributed by atoms with Crippen molar-refractivity contribution in [1.82, 2.24) is 4.90 Å². The molecule has 0 spiro atoms. The largest absolute Gasteiger partial charge is 0.339 e. The van der Waals surface area contributed by atoms with Gasteiger partial charge in [-0.05, 0) is 37.3 Å². The molecule has 0 fully saturated rings. The Bertz CT molecular complexity index is 559. The molecule has 1 amide bonds. The van der Waals surface area contributed by atoms with Crippen LogP contribution in [0.5, 0.6) is 0 Å². The van der Waals surface area contributed by atoms with E-state index in [0.29, 0.717) is 6.42 Å². The second-order valence-corrected chi connectivity index (χ2v) is 7.14. The number of alkyl halides is 1. The molecule has 4 heteroatoms. The molecule has 0 aliphatic heterocycles. The van der Waals surface area contributed by atoms with Crippen LogP contribution in [0.3, 0.4) is 0 Å². The highest BCUT2D eigenvalue weighted by molar-refractivity contribution is 5.48. The van der Waals surface area contributed by atoms with Crippen molar-refractivity contribution in [3.8, 4) is 0 Å². The number of nitrogens with zero attached hydrogens (tertiary/aromatic N) is 1. The molecule has 0 radical (unpaired) electrons. The zero-order valence-electron chi connectivity index (χ0n) is 16.9. The molecule has 0 aliphatic carbocycles. The molecule has 1 aromatic carbocycles. The number of allylic oxidation sites excluding steroid dienone is 1. The number of benzene rings is 1. The van der Waals surface area contributed by atoms with Crippen LogP contribution in [0.25, 0.3) is 0 Å². The predicted octanol–water partition coefficient (Wildman–Crippen LogP) is 6.38. The van der Waals surface area contributed by atoms with E-state index in [0.717, 1.165) is 44.2 Å². The minimum Gasteiger partial charge on any atom is -0.339 e. The van der Waals surface area contributed by atoms with Gasteiger partial charge in [-0.25, -0.2) is 8.78 Å². The number of rotatable bonds is 15. The van der Waals surface area contributed by atoms with E-state index in [1.54, 1.807) is 6.07 Å². The third-order valence-electron chi connectivity index (χ3n) is 4.89. The summed E-state index contributed by atoms with van der Waals surface area (Å²) in [5.74, 6) is -0.474. The van der Waals surface area contributed by atoms with E-state index in [4.69, 9.17) is 0 Å². The third kappa shape index (κ3) is 9.16. The molecule has 0 heterocycles. The molecule has 0 aliphatic rings. The van der Waals surface area contributed by atoms with Gasteiger partial charge >= 0.3 is 0 Å². The highest BCUT2D eigenvalue weighted by atomic mass is 19.1. The second kappa shape index (κ2) is 14.4. The summed E-state index contributed by atoms with van der Waals surface area (Å²) in [5.41, 5.74) is 0.974. The van der Waals surface area contributed by atoms with Gasteiger partial charge in [0.1, 0.15) is 12.5 Å². The monoisotopic (exact) mass is 379 g/mol. The smallest absolute Gasteiger partial charge is 0.210 e. The standard InChI is InChI=1S/C23H35F2NO/c1-3-5-6-7-10-16-26(19-27)22(11-4-2)13-9-8-12-20-14-15-21(18-24)23(25)17-20/h9,13-15,17,19,22H,3-8,10-12,16,18H2,1-2H3/b13-9+. The van der Waals surface area contributed by atoms with Gasteiger partial charge in [0.05, 0.1) is 0 Å². The van der Waals surface area contributed by atoms with E-state index in [1.165, 1.54) is 37.8 Å². The van der Waals surface area contributed by atoms with Crippen molar-refractivity contribution in [3.63, 3.8) is 0 Å². The Hall–Kier alpha value is -1.71. The molecule has 0 N–H and O–H groups in total. The Morgan fingerprint density at radius 2 is 1.89 bits per heavy atom.